The van der Waals surface area contributed by atoms with Crippen molar-refractivity contribution in [3.8, 4) is 0 Å². The molecule has 0 radical (unpaired) electrons. The molecule has 1 aromatic heterocycles. The number of pyridine rings is 1. The lowest BCUT2D eigenvalue weighted by atomic mass is 9.94. The highest BCUT2D eigenvalue weighted by molar-refractivity contribution is 6.13. The standard InChI is InChI=1S/C16H14N4O4/c1-2-10-11-6-14(20(23)24)12(7-13(11)19(17)16(10)22)15(21)9-4-3-5-18-8-9/h3-8,10H,2,17H2,1H3. The van der Waals surface area contributed by atoms with Crippen LogP contribution in [0.15, 0.2) is 36.7 Å². The van der Waals surface area contributed by atoms with E-state index >= 15 is 0 Å². The van der Waals surface area contributed by atoms with Gasteiger partial charge in [-0.2, -0.15) is 0 Å². The van der Waals surface area contributed by atoms with E-state index in [4.69, 9.17) is 5.84 Å². The monoisotopic (exact) mass is 326 g/mol. The van der Waals surface area contributed by atoms with Crippen molar-refractivity contribution in [2.45, 2.75) is 19.3 Å². The zero-order chi connectivity index (χ0) is 17.4. The number of anilines is 1. The summed E-state index contributed by atoms with van der Waals surface area (Å²) in [4.78, 5) is 39.4. The third kappa shape index (κ3) is 2.33. The summed E-state index contributed by atoms with van der Waals surface area (Å²) in [7, 11) is 0. The van der Waals surface area contributed by atoms with Crippen molar-refractivity contribution in [2.75, 3.05) is 5.01 Å². The molecule has 8 heteroatoms. The lowest BCUT2D eigenvalue weighted by Gasteiger charge is -2.11. The third-order valence-corrected chi connectivity index (χ3v) is 4.09. The Balaban J connectivity index is 2.20. The number of aromatic nitrogens is 1. The highest BCUT2D eigenvalue weighted by Crippen LogP contribution is 2.41. The Kier molecular flexibility index (Phi) is 3.82. The molecule has 1 unspecified atom stereocenters. The lowest BCUT2D eigenvalue weighted by molar-refractivity contribution is -0.385. The van der Waals surface area contributed by atoms with E-state index in [2.05, 4.69) is 4.98 Å². The maximum atomic E-state index is 12.6. The molecule has 1 aromatic carbocycles. The molecular weight excluding hydrogens is 312 g/mol. The molecule has 0 aliphatic carbocycles. The molecule has 0 saturated carbocycles. The summed E-state index contributed by atoms with van der Waals surface area (Å²) in [6.45, 7) is 1.80. The number of hydrazine groups is 1. The van der Waals surface area contributed by atoms with E-state index in [1.165, 1.54) is 30.6 Å². The Hall–Kier alpha value is -3.13. The Morgan fingerprint density at radius 1 is 1.46 bits per heavy atom. The number of amides is 1. The number of rotatable bonds is 4. The van der Waals surface area contributed by atoms with E-state index in [1.54, 1.807) is 13.0 Å². The number of fused-ring (bicyclic) bond motifs is 1. The van der Waals surface area contributed by atoms with E-state index < -0.39 is 16.6 Å². The van der Waals surface area contributed by atoms with Crippen LogP contribution in [0.1, 0.15) is 40.7 Å². The Bertz CT molecular complexity index is 851. The molecule has 8 nitrogen and oxygen atoms in total. The number of hydrogen-bond acceptors (Lipinski definition) is 6. The quantitative estimate of drug-likeness (QED) is 0.301. The fraction of sp³-hybridized carbons (Fsp3) is 0.188. The zero-order valence-corrected chi connectivity index (χ0v) is 12.8. The normalized spacial score (nSPS) is 16.2. The molecule has 1 amide bonds. The average molecular weight is 326 g/mol. The molecule has 2 aromatic rings. The molecule has 0 saturated heterocycles. The summed E-state index contributed by atoms with van der Waals surface area (Å²) >= 11 is 0. The van der Waals surface area contributed by atoms with E-state index in [-0.39, 0.29) is 22.7 Å². The van der Waals surface area contributed by atoms with Crippen LogP contribution in [-0.4, -0.2) is 21.6 Å². The second kappa shape index (κ2) is 5.82. The van der Waals surface area contributed by atoms with Gasteiger partial charge in [0.2, 0.25) is 11.7 Å². The third-order valence-electron chi connectivity index (χ3n) is 4.09. The first-order valence-electron chi connectivity index (χ1n) is 7.31. The van der Waals surface area contributed by atoms with Gasteiger partial charge in [0.05, 0.1) is 16.5 Å². The molecule has 2 N–H and O–H groups in total. The molecule has 1 atom stereocenters. The Morgan fingerprint density at radius 3 is 2.79 bits per heavy atom. The van der Waals surface area contributed by atoms with Gasteiger partial charge in [0.15, 0.2) is 0 Å². The van der Waals surface area contributed by atoms with Gasteiger partial charge < -0.3 is 0 Å². The molecule has 2 heterocycles. The summed E-state index contributed by atoms with van der Waals surface area (Å²) in [5.74, 6) is 4.36. The van der Waals surface area contributed by atoms with Crippen LogP contribution in [0.4, 0.5) is 11.4 Å². The van der Waals surface area contributed by atoms with Gasteiger partial charge in [0, 0.05) is 24.0 Å². The van der Waals surface area contributed by atoms with E-state index in [0.29, 0.717) is 17.7 Å². The van der Waals surface area contributed by atoms with Crippen LogP contribution in [0, 0.1) is 10.1 Å². The first kappa shape index (κ1) is 15.8. The minimum atomic E-state index is -0.625. The fourth-order valence-electron chi connectivity index (χ4n) is 2.88. The molecule has 0 fully saturated rings. The van der Waals surface area contributed by atoms with Gasteiger partial charge in [0.1, 0.15) is 5.56 Å². The second-order valence-electron chi connectivity index (χ2n) is 5.43. The van der Waals surface area contributed by atoms with Crippen molar-refractivity contribution in [3.05, 3.63) is 63.5 Å². The van der Waals surface area contributed by atoms with Gasteiger partial charge in [-0.15, -0.1) is 0 Å². The predicted molar refractivity (Wildman–Crippen MR) is 85.5 cm³/mol. The first-order chi connectivity index (χ1) is 11.5. The van der Waals surface area contributed by atoms with Gasteiger partial charge in [-0.25, -0.2) is 10.9 Å². The SMILES string of the molecule is CCC1C(=O)N(N)c2cc(C(=O)c3cccnc3)c([N+](=O)[O-])cc21. The van der Waals surface area contributed by atoms with Gasteiger partial charge in [0.25, 0.3) is 5.69 Å². The molecule has 3 rings (SSSR count). The van der Waals surface area contributed by atoms with Crippen molar-refractivity contribution in [2.24, 2.45) is 5.84 Å². The summed E-state index contributed by atoms with van der Waals surface area (Å²) < 4.78 is 0. The minimum Gasteiger partial charge on any atom is -0.288 e. The number of nitro benzene ring substituents is 1. The molecular formula is C16H14N4O4. The average Bonchev–Trinajstić information content (AvgIpc) is 2.84. The van der Waals surface area contributed by atoms with Crippen LogP contribution >= 0.6 is 0 Å². The van der Waals surface area contributed by atoms with Crippen LogP contribution in [0.3, 0.4) is 0 Å². The number of benzene rings is 1. The van der Waals surface area contributed by atoms with Gasteiger partial charge in [-0.05, 0) is 30.2 Å². The first-order valence-corrected chi connectivity index (χ1v) is 7.31. The maximum absolute atomic E-state index is 12.6. The number of hydrogen-bond donors (Lipinski definition) is 1. The number of nitrogens with zero attached hydrogens (tertiary/aromatic N) is 3. The van der Waals surface area contributed by atoms with Crippen LogP contribution in [0.25, 0.3) is 0 Å². The van der Waals surface area contributed by atoms with Crippen molar-refractivity contribution in [1.29, 1.82) is 0 Å². The van der Waals surface area contributed by atoms with E-state index in [0.717, 1.165) is 5.01 Å². The molecule has 1 aliphatic heterocycles. The van der Waals surface area contributed by atoms with Crippen LogP contribution in [-0.2, 0) is 4.79 Å². The summed E-state index contributed by atoms with van der Waals surface area (Å²) in [5.41, 5.74) is 0.556. The summed E-state index contributed by atoms with van der Waals surface area (Å²) in [5, 5.41) is 12.4. The molecule has 0 bridgehead atoms. The second-order valence-corrected chi connectivity index (χ2v) is 5.43. The van der Waals surface area contributed by atoms with Crippen molar-refractivity contribution >= 4 is 23.1 Å². The Labute approximate surface area is 137 Å². The number of carbonyl (C=O) groups excluding carboxylic acids is 2. The topological polar surface area (TPSA) is 119 Å². The number of nitrogens with two attached hydrogens (primary N) is 1. The van der Waals surface area contributed by atoms with Crippen LogP contribution in [0.5, 0.6) is 0 Å². The summed E-state index contributed by atoms with van der Waals surface area (Å²) in [6, 6.07) is 5.68. The zero-order valence-electron chi connectivity index (χ0n) is 12.8. The van der Waals surface area contributed by atoms with E-state index in [1.807, 2.05) is 0 Å². The van der Waals surface area contributed by atoms with Crippen LogP contribution in [0.2, 0.25) is 0 Å². The number of carbonyl (C=O) groups is 2. The minimum absolute atomic E-state index is 0.119. The van der Waals surface area contributed by atoms with Crippen molar-refractivity contribution in [1.82, 2.24) is 4.98 Å². The van der Waals surface area contributed by atoms with E-state index in [9.17, 15) is 19.7 Å². The van der Waals surface area contributed by atoms with Gasteiger partial charge in [-0.3, -0.25) is 24.7 Å². The van der Waals surface area contributed by atoms with Crippen molar-refractivity contribution in [3.63, 3.8) is 0 Å². The number of nitro groups is 1. The smallest absolute Gasteiger partial charge is 0.281 e. The summed E-state index contributed by atoms with van der Waals surface area (Å²) in [6.07, 6.45) is 3.30. The lowest BCUT2D eigenvalue weighted by Crippen LogP contribution is -2.35. The molecule has 122 valence electrons. The molecule has 0 spiro atoms. The fourth-order valence-corrected chi connectivity index (χ4v) is 2.88. The predicted octanol–water partition coefficient (Wildman–Crippen LogP) is 1.93. The largest absolute Gasteiger partial charge is 0.288 e. The molecule has 1 aliphatic rings. The van der Waals surface area contributed by atoms with Crippen molar-refractivity contribution < 1.29 is 14.5 Å². The van der Waals surface area contributed by atoms with Crippen LogP contribution < -0.4 is 10.9 Å². The maximum Gasteiger partial charge on any atom is 0.281 e. The van der Waals surface area contributed by atoms with Gasteiger partial charge >= 0.3 is 0 Å². The number of ketones is 1. The van der Waals surface area contributed by atoms with Gasteiger partial charge in [-0.1, -0.05) is 6.92 Å². The highest BCUT2D eigenvalue weighted by atomic mass is 16.6. The molecule has 24 heavy (non-hydrogen) atoms. The Morgan fingerprint density at radius 2 is 2.21 bits per heavy atom. The highest BCUT2D eigenvalue weighted by Gasteiger charge is 2.38.